The third-order valence-corrected chi connectivity index (χ3v) is 3.10. The third-order valence-electron chi connectivity index (χ3n) is 2.61. The number of hydrogen-bond acceptors (Lipinski definition) is 3. The van der Waals surface area contributed by atoms with E-state index in [2.05, 4.69) is 26.2 Å². The molecule has 2 rings (SSSR count). The van der Waals surface area contributed by atoms with E-state index >= 15 is 0 Å². The molecule has 0 atom stereocenters. The molecule has 19 heavy (non-hydrogen) atoms. The van der Waals surface area contributed by atoms with Crippen molar-refractivity contribution in [3.63, 3.8) is 0 Å². The van der Waals surface area contributed by atoms with Gasteiger partial charge >= 0.3 is 0 Å². The van der Waals surface area contributed by atoms with Gasteiger partial charge in [0.25, 0.3) is 5.91 Å². The lowest BCUT2D eigenvalue weighted by atomic mass is 10.1. The van der Waals surface area contributed by atoms with Crippen molar-refractivity contribution in [2.75, 3.05) is 11.1 Å². The van der Waals surface area contributed by atoms with Gasteiger partial charge in [0.15, 0.2) is 0 Å². The summed E-state index contributed by atoms with van der Waals surface area (Å²) in [6.07, 6.45) is 0.738. The Hall–Kier alpha value is -1.88. The molecule has 0 fully saturated rings. The molecule has 0 unspecified atom stereocenters. The molecule has 98 valence electrons. The largest absolute Gasteiger partial charge is 0.384 e. The molecular formula is C14H14BrN3O. The molecule has 0 spiro atoms. The van der Waals surface area contributed by atoms with Crippen LogP contribution in [0.4, 0.5) is 11.5 Å². The molecule has 0 saturated heterocycles. The van der Waals surface area contributed by atoms with E-state index in [1.165, 1.54) is 0 Å². The normalized spacial score (nSPS) is 10.2. The van der Waals surface area contributed by atoms with E-state index in [0.717, 1.165) is 22.3 Å². The van der Waals surface area contributed by atoms with E-state index in [9.17, 15) is 4.79 Å². The van der Waals surface area contributed by atoms with Gasteiger partial charge in [-0.15, -0.1) is 0 Å². The fourth-order valence-electron chi connectivity index (χ4n) is 1.69. The summed E-state index contributed by atoms with van der Waals surface area (Å²) < 4.78 is 0.911. The summed E-state index contributed by atoms with van der Waals surface area (Å²) in [5.74, 6) is 0.167. The number of aromatic nitrogens is 1. The van der Waals surface area contributed by atoms with Gasteiger partial charge in [-0.3, -0.25) is 4.79 Å². The van der Waals surface area contributed by atoms with E-state index in [0.29, 0.717) is 11.4 Å². The molecule has 2 aromatic rings. The van der Waals surface area contributed by atoms with Crippen LogP contribution in [0.2, 0.25) is 0 Å². The van der Waals surface area contributed by atoms with Crippen molar-refractivity contribution < 1.29 is 4.79 Å². The quantitative estimate of drug-likeness (QED) is 0.912. The Morgan fingerprint density at radius 2 is 2.16 bits per heavy atom. The molecule has 4 nitrogen and oxygen atoms in total. The number of pyridine rings is 1. The van der Waals surface area contributed by atoms with E-state index in [-0.39, 0.29) is 5.91 Å². The zero-order valence-electron chi connectivity index (χ0n) is 10.5. The third kappa shape index (κ3) is 3.54. The zero-order valence-corrected chi connectivity index (χ0v) is 12.1. The van der Waals surface area contributed by atoms with Crippen LogP contribution in [0.15, 0.2) is 40.9 Å². The van der Waals surface area contributed by atoms with Gasteiger partial charge in [0.2, 0.25) is 0 Å². The van der Waals surface area contributed by atoms with E-state index in [1.54, 1.807) is 12.1 Å². The average molecular weight is 320 g/mol. The lowest BCUT2D eigenvalue weighted by Gasteiger charge is -2.07. The van der Waals surface area contributed by atoms with E-state index in [1.807, 2.05) is 31.2 Å². The number of nitrogens with two attached hydrogens (primary N) is 1. The number of nitrogens with one attached hydrogen (secondary N) is 1. The second-order valence-corrected chi connectivity index (χ2v) is 5.01. The number of rotatable bonds is 3. The molecule has 0 aliphatic heterocycles. The second kappa shape index (κ2) is 5.84. The Morgan fingerprint density at radius 3 is 2.84 bits per heavy atom. The average Bonchev–Trinajstić information content (AvgIpc) is 2.38. The summed E-state index contributed by atoms with van der Waals surface area (Å²) >= 11 is 3.36. The Labute approximate surface area is 120 Å². The Bertz CT molecular complexity index is 613. The summed E-state index contributed by atoms with van der Waals surface area (Å²) in [4.78, 5) is 16.3. The number of nitrogens with zero attached hydrogens (tertiary/aromatic N) is 1. The van der Waals surface area contributed by atoms with Crippen molar-refractivity contribution in [2.45, 2.75) is 13.3 Å². The van der Waals surface area contributed by atoms with Crippen molar-refractivity contribution in [3.8, 4) is 0 Å². The minimum atomic E-state index is -0.193. The Kier molecular flexibility index (Phi) is 4.16. The first-order valence-electron chi connectivity index (χ1n) is 5.92. The molecule has 0 saturated carbocycles. The minimum Gasteiger partial charge on any atom is -0.384 e. The summed E-state index contributed by atoms with van der Waals surface area (Å²) in [6, 6.07) is 10.8. The molecule has 1 aromatic heterocycles. The smallest absolute Gasteiger partial charge is 0.255 e. The van der Waals surface area contributed by atoms with Crippen LogP contribution in [0.1, 0.15) is 23.0 Å². The maximum Gasteiger partial charge on any atom is 0.255 e. The summed E-state index contributed by atoms with van der Waals surface area (Å²) in [7, 11) is 0. The highest BCUT2D eigenvalue weighted by Crippen LogP contribution is 2.17. The highest BCUT2D eigenvalue weighted by molar-refractivity contribution is 9.10. The van der Waals surface area contributed by atoms with E-state index < -0.39 is 0 Å². The van der Waals surface area contributed by atoms with Gasteiger partial charge in [-0.25, -0.2) is 4.98 Å². The van der Waals surface area contributed by atoms with Crippen LogP contribution in [0.25, 0.3) is 0 Å². The highest BCUT2D eigenvalue weighted by Gasteiger charge is 2.09. The van der Waals surface area contributed by atoms with Gasteiger partial charge in [0.1, 0.15) is 5.82 Å². The fourth-order valence-corrected chi connectivity index (χ4v) is 2.09. The zero-order chi connectivity index (χ0) is 13.8. The molecule has 0 radical (unpaired) electrons. The molecule has 0 aliphatic carbocycles. The predicted molar refractivity (Wildman–Crippen MR) is 80.1 cm³/mol. The number of anilines is 2. The number of aryl methyl sites for hydroxylation is 1. The van der Waals surface area contributed by atoms with Crippen molar-refractivity contribution in [1.82, 2.24) is 4.98 Å². The predicted octanol–water partition coefficient (Wildman–Crippen LogP) is 3.24. The maximum atomic E-state index is 12.1. The molecule has 0 aliphatic rings. The highest BCUT2D eigenvalue weighted by atomic mass is 79.9. The van der Waals surface area contributed by atoms with Crippen LogP contribution >= 0.6 is 15.9 Å². The lowest BCUT2D eigenvalue weighted by Crippen LogP contribution is -2.13. The number of nitrogen functional groups attached to an aromatic ring is 1. The molecule has 1 aromatic carbocycles. The number of hydrogen-bond donors (Lipinski definition) is 2. The van der Waals surface area contributed by atoms with Gasteiger partial charge in [0.05, 0.1) is 0 Å². The van der Waals surface area contributed by atoms with Crippen molar-refractivity contribution >= 4 is 33.3 Å². The summed E-state index contributed by atoms with van der Waals surface area (Å²) in [6.45, 7) is 1.97. The SMILES string of the molecule is CCc1cc(C(=O)Nc2cccc(Br)c2)cc(N)n1. The molecule has 1 heterocycles. The molecule has 0 bridgehead atoms. The standard InChI is InChI=1S/C14H14BrN3O/c1-2-11-6-9(7-13(16)17-11)14(19)18-12-5-3-4-10(15)8-12/h3-8H,2H2,1H3,(H2,16,17)(H,18,19). The molecular weight excluding hydrogens is 306 g/mol. The van der Waals surface area contributed by atoms with Crippen LogP contribution in [0, 0.1) is 0 Å². The molecule has 5 heteroatoms. The minimum absolute atomic E-state index is 0.193. The van der Waals surface area contributed by atoms with Crippen molar-refractivity contribution in [3.05, 3.63) is 52.1 Å². The number of carbonyl (C=O) groups is 1. The second-order valence-electron chi connectivity index (χ2n) is 4.09. The summed E-state index contributed by atoms with van der Waals surface area (Å²) in [5, 5.41) is 2.83. The van der Waals surface area contributed by atoms with Crippen LogP contribution in [0.5, 0.6) is 0 Å². The van der Waals surface area contributed by atoms with Gasteiger partial charge in [-0.05, 0) is 36.8 Å². The topological polar surface area (TPSA) is 68.0 Å². The number of halogens is 1. The number of benzene rings is 1. The Balaban J connectivity index is 2.22. The summed E-state index contributed by atoms with van der Waals surface area (Å²) in [5.41, 5.74) is 7.74. The first-order valence-corrected chi connectivity index (χ1v) is 6.71. The maximum absolute atomic E-state index is 12.1. The molecule has 3 N–H and O–H groups in total. The number of carbonyl (C=O) groups excluding carboxylic acids is 1. The van der Waals surface area contributed by atoms with Crippen LogP contribution < -0.4 is 11.1 Å². The van der Waals surface area contributed by atoms with Crippen molar-refractivity contribution in [1.29, 1.82) is 0 Å². The van der Waals surface area contributed by atoms with Crippen LogP contribution in [-0.2, 0) is 6.42 Å². The van der Waals surface area contributed by atoms with Gasteiger partial charge < -0.3 is 11.1 Å². The van der Waals surface area contributed by atoms with Gasteiger partial charge in [-0.1, -0.05) is 28.9 Å². The van der Waals surface area contributed by atoms with E-state index in [4.69, 9.17) is 5.73 Å². The monoisotopic (exact) mass is 319 g/mol. The first-order chi connectivity index (χ1) is 9.08. The number of amides is 1. The lowest BCUT2D eigenvalue weighted by molar-refractivity contribution is 0.102. The van der Waals surface area contributed by atoms with Crippen LogP contribution in [0.3, 0.4) is 0 Å². The van der Waals surface area contributed by atoms with Crippen molar-refractivity contribution in [2.24, 2.45) is 0 Å². The molecule has 1 amide bonds. The Morgan fingerprint density at radius 1 is 1.37 bits per heavy atom. The van der Waals surface area contributed by atoms with Gasteiger partial charge in [0, 0.05) is 21.4 Å². The van der Waals surface area contributed by atoms with Crippen LogP contribution in [-0.4, -0.2) is 10.9 Å². The van der Waals surface area contributed by atoms with Gasteiger partial charge in [-0.2, -0.15) is 0 Å². The fraction of sp³-hybridized carbons (Fsp3) is 0.143. The first kappa shape index (κ1) is 13.5.